The fourth-order valence-corrected chi connectivity index (χ4v) is 1.09. The van der Waals surface area contributed by atoms with Crippen LogP contribution < -0.4 is 0 Å². The second-order valence-corrected chi connectivity index (χ2v) is 2.78. The van der Waals surface area contributed by atoms with E-state index in [2.05, 4.69) is 9.98 Å². The molecule has 3 heteroatoms. The van der Waals surface area contributed by atoms with Gasteiger partial charge in [-0.1, -0.05) is 19.1 Å². The van der Waals surface area contributed by atoms with E-state index in [1.165, 1.54) is 0 Å². The first kappa shape index (κ1) is 10.4. The van der Waals surface area contributed by atoms with Crippen molar-refractivity contribution < 1.29 is 5.11 Å². The molecule has 0 saturated heterocycles. The summed E-state index contributed by atoms with van der Waals surface area (Å²) in [5, 5.41) is 9.56. The maximum absolute atomic E-state index is 9.56. The Morgan fingerprint density at radius 2 is 2.14 bits per heavy atom. The Morgan fingerprint density at radius 1 is 1.43 bits per heavy atom. The van der Waals surface area contributed by atoms with Crippen LogP contribution in [0.5, 0.6) is 5.75 Å². The van der Waals surface area contributed by atoms with Crippen LogP contribution in [0, 0.1) is 0 Å². The van der Waals surface area contributed by atoms with Crippen molar-refractivity contribution in [3.05, 3.63) is 29.8 Å². The number of nitrogens with zero attached hydrogens (tertiary/aromatic N) is 2. The maximum atomic E-state index is 9.56. The van der Waals surface area contributed by atoms with Crippen LogP contribution in [0.3, 0.4) is 0 Å². The first-order valence-corrected chi connectivity index (χ1v) is 4.57. The molecule has 14 heavy (non-hydrogen) atoms. The van der Waals surface area contributed by atoms with Crippen LogP contribution in [-0.2, 0) is 0 Å². The largest absolute Gasteiger partial charge is 0.507 e. The minimum Gasteiger partial charge on any atom is -0.507 e. The molecule has 1 aromatic carbocycles. The number of hydrogen-bond acceptors (Lipinski definition) is 2. The van der Waals surface area contributed by atoms with Gasteiger partial charge < -0.3 is 5.11 Å². The Balaban J connectivity index is 3.02. The molecule has 1 N–H and O–H groups in total. The fraction of sp³-hybridized carbons (Fsp3) is 0.273. The monoisotopic (exact) mass is 190 g/mol. The summed E-state index contributed by atoms with van der Waals surface area (Å²) in [5.74, 6) is 0.770. The molecular formula is C11H14N2O. The molecule has 1 rings (SSSR count). The lowest BCUT2D eigenvalue weighted by Crippen LogP contribution is -1.97. The minimum absolute atomic E-state index is 0.210. The number of aromatic hydroxyl groups is 1. The normalized spacial score (nSPS) is 12.3. The van der Waals surface area contributed by atoms with E-state index in [-0.39, 0.29) is 5.75 Å². The molecule has 0 aliphatic carbocycles. The summed E-state index contributed by atoms with van der Waals surface area (Å²) in [6.07, 6.45) is 2.63. The number of amidine groups is 1. The van der Waals surface area contributed by atoms with E-state index in [0.29, 0.717) is 11.4 Å². The molecule has 3 nitrogen and oxygen atoms in total. The van der Waals surface area contributed by atoms with Crippen LogP contribution in [0.25, 0.3) is 0 Å². The number of phenols is 1. The number of rotatable bonds is 2. The molecular weight excluding hydrogens is 176 g/mol. The Kier molecular flexibility index (Phi) is 3.85. The van der Waals surface area contributed by atoms with Crippen molar-refractivity contribution in [3.8, 4) is 5.75 Å². The first-order chi connectivity index (χ1) is 6.79. The van der Waals surface area contributed by atoms with E-state index in [1.54, 1.807) is 31.5 Å². The van der Waals surface area contributed by atoms with E-state index in [0.717, 1.165) is 6.42 Å². The summed E-state index contributed by atoms with van der Waals surface area (Å²) in [4.78, 5) is 8.17. The zero-order valence-corrected chi connectivity index (χ0v) is 8.44. The van der Waals surface area contributed by atoms with Gasteiger partial charge in [-0.3, -0.25) is 4.99 Å². The lowest BCUT2D eigenvalue weighted by Gasteiger charge is -2.02. The lowest BCUT2D eigenvalue weighted by atomic mass is 10.2. The smallest absolute Gasteiger partial charge is 0.157 e. The summed E-state index contributed by atoms with van der Waals surface area (Å²) in [5.41, 5.74) is 0.666. The average molecular weight is 190 g/mol. The fourth-order valence-electron chi connectivity index (χ4n) is 1.09. The molecule has 0 amide bonds. The Morgan fingerprint density at radius 3 is 2.71 bits per heavy atom. The van der Waals surface area contributed by atoms with Crippen molar-refractivity contribution >= 4 is 12.1 Å². The minimum atomic E-state index is 0.210. The van der Waals surface area contributed by atoms with Gasteiger partial charge in [0.05, 0.1) is 5.56 Å². The van der Waals surface area contributed by atoms with Gasteiger partial charge in [0.25, 0.3) is 0 Å². The highest BCUT2D eigenvalue weighted by molar-refractivity contribution is 6.04. The molecule has 0 aliphatic heterocycles. The molecule has 0 fully saturated rings. The van der Waals surface area contributed by atoms with Gasteiger partial charge >= 0.3 is 0 Å². The van der Waals surface area contributed by atoms with Crippen molar-refractivity contribution in [2.45, 2.75) is 13.3 Å². The highest BCUT2D eigenvalue weighted by atomic mass is 16.3. The van der Waals surface area contributed by atoms with E-state index in [9.17, 15) is 5.11 Å². The third kappa shape index (κ3) is 2.42. The predicted molar refractivity (Wildman–Crippen MR) is 59.4 cm³/mol. The van der Waals surface area contributed by atoms with Crippen LogP contribution in [0.4, 0.5) is 0 Å². The topological polar surface area (TPSA) is 45.0 Å². The summed E-state index contributed by atoms with van der Waals surface area (Å²) >= 11 is 0. The second-order valence-electron chi connectivity index (χ2n) is 2.78. The molecule has 0 heterocycles. The summed E-state index contributed by atoms with van der Waals surface area (Å²) in [7, 11) is 1.66. The highest BCUT2D eigenvalue weighted by Gasteiger charge is 2.04. The van der Waals surface area contributed by atoms with Crippen LogP contribution >= 0.6 is 0 Å². The van der Waals surface area contributed by atoms with E-state index < -0.39 is 0 Å². The van der Waals surface area contributed by atoms with Crippen LogP contribution in [0.2, 0.25) is 0 Å². The Bertz CT molecular complexity index is 356. The van der Waals surface area contributed by atoms with Crippen molar-refractivity contribution in [2.75, 3.05) is 7.05 Å². The molecule has 0 unspecified atom stereocenters. The van der Waals surface area contributed by atoms with E-state index in [4.69, 9.17) is 0 Å². The summed E-state index contributed by atoms with van der Waals surface area (Å²) < 4.78 is 0. The zero-order valence-electron chi connectivity index (χ0n) is 8.44. The Labute approximate surface area is 83.8 Å². The zero-order chi connectivity index (χ0) is 10.4. The quantitative estimate of drug-likeness (QED) is 0.564. The van der Waals surface area contributed by atoms with Gasteiger partial charge in [-0.2, -0.15) is 0 Å². The number of aliphatic imine (C=N–C) groups is 2. The van der Waals surface area contributed by atoms with Gasteiger partial charge in [0.1, 0.15) is 5.75 Å². The summed E-state index contributed by atoms with van der Waals surface area (Å²) in [6.45, 7) is 2.00. The average Bonchev–Trinajstić information content (AvgIpc) is 2.21. The molecule has 0 radical (unpaired) electrons. The van der Waals surface area contributed by atoms with Crippen LogP contribution in [0.15, 0.2) is 34.3 Å². The molecule has 0 aliphatic rings. The second kappa shape index (κ2) is 5.17. The van der Waals surface area contributed by atoms with E-state index >= 15 is 0 Å². The number of para-hydroxylation sites is 1. The van der Waals surface area contributed by atoms with Gasteiger partial charge in [0, 0.05) is 13.3 Å². The van der Waals surface area contributed by atoms with Crippen molar-refractivity contribution in [1.29, 1.82) is 0 Å². The molecule has 0 saturated carbocycles. The SMILES string of the molecule is CCC=NC(=NC)c1ccccc1O. The predicted octanol–water partition coefficient (Wildman–Crippen LogP) is 2.25. The van der Waals surface area contributed by atoms with Crippen molar-refractivity contribution in [2.24, 2.45) is 9.98 Å². The standard InChI is InChI=1S/C11H14N2O/c1-3-8-13-11(12-2)9-6-4-5-7-10(9)14/h4-8,14H,3H2,1-2H3. The molecule has 74 valence electrons. The van der Waals surface area contributed by atoms with Gasteiger partial charge in [-0.15, -0.1) is 0 Å². The van der Waals surface area contributed by atoms with Gasteiger partial charge in [0.15, 0.2) is 5.84 Å². The third-order valence-corrected chi connectivity index (χ3v) is 1.75. The number of benzene rings is 1. The van der Waals surface area contributed by atoms with Gasteiger partial charge in [0.2, 0.25) is 0 Å². The molecule has 0 aromatic heterocycles. The van der Waals surface area contributed by atoms with E-state index in [1.807, 2.05) is 13.0 Å². The molecule has 0 atom stereocenters. The summed E-state index contributed by atoms with van der Waals surface area (Å²) in [6, 6.07) is 7.05. The number of hydrogen-bond donors (Lipinski definition) is 1. The van der Waals surface area contributed by atoms with Crippen molar-refractivity contribution in [1.82, 2.24) is 0 Å². The molecule has 0 spiro atoms. The van der Waals surface area contributed by atoms with Crippen LogP contribution in [0.1, 0.15) is 18.9 Å². The van der Waals surface area contributed by atoms with Crippen molar-refractivity contribution in [3.63, 3.8) is 0 Å². The first-order valence-electron chi connectivity index (χ1n) is 4.57. The van der Waals surface area contributed by atoms with Gasteiger partial charge in [-0.25, -0.2) is 4.99 Å². The van der Waals surface area contributed by atoms with Crippen LogP contribution in [-0.4, -0.2) is 24.2 Å². The third-order valence-electron chi connectivity index (χ3n) is 1.75. The molecule has 1 aromatic rings. The highest BCUT2D eigenvalue weighted by Crippen LogP contribution is 2.16. The maximum Gasteiger partial charge on any atom is 0.157 e. The molecule has 0 bridgehead atoms. The number of phenolic OH excluding ortho intramolecular Hbond substituents is 1. The Hall–Kier alpha value is -1.64. The van der Waals surface area contributed by atoms with Gasteiger partial charge in [-0.05, 0) is 18.6 Å². The lowest BCUT2D eigenvalue weighted by molar-refractivity contribution is 0.474.